The molecule has 0 spiro atoms. The Labute approximate surface area is 67.9 Å². The van der Waals surface area contributed by atoms with Crippen LogP contribution in [0.5, 0.6) is 0 Å². The van der Waals surface area contributed by atoms with Crippen molar-refractivity contribution in [1.82, 2.24) is 0 Å². The van der Waals surface area contributed by atoms with Gasteiger partial charge in [-0.2, -0.15) is 0 Å². The Hall–Kier alpha value is 0.610. The monoisotopic (exact) mass is 266 g/mol. The molecular weight excluding hydrogens is 258 g/mol. The molecule has 9 heavy (non-hydrogen) atoms. The summed E-state index contributed by atoms with van der Waals surface area (Å²) in [7, 11) is -2.93. The first-order valence-corrected chi connectivity index (χ1v) is 5.79. The largest absolute Gasteiger partial charge is 0.251 e. The van der Waals surface area contributed by atoms with Gasteiger partial charge in [0.05, 0.1) is 12.4 Å². The van der Waals surface area contributed by atoms with E-state index in [1.807, 2.05) is 0 Å². The van der Waals surface area contributed by atoms with E-state index in [0.29, 0.717) is 0 Å². The maximum Gasteiger partial charge on any atom is 0.159 e. The molecule has 0 aliphatic heterocycles. The van der Waals surface area contributed by atoms with Gasteiger partial charge in [0.25, 0.3) is 0 Å². The molecule has 0 saturated heterocycles. The van der Waals surface area contributed by atoms with E-state index in [1.165, 1.54) is 0 Å². The highest BCUT2D eigenvalue weighted by Gasteiger charge is 2.06. The number of sulfone groups is 1. The highest BCUT2D eigenvalue weighted by molar-refractivity contribution is 14.1. The maximum absolute atomic E-state index is 11.4. The van der Waals surface area contributed by atoms with Crippen molar-refractivity contribution >= 4 is 32.4 Å². The SMILES string of the molecule is O=S(=O)(CI)CCCF. The minimum Gasteiger partial charge on any atom is -0.251 e. The van der Waals surface area contributed by atoms with Crippen molar-refractivity contribution in [2.75, 3.05) is 16.2 Å². The third kappa shape index (κ3) is 5.07. The smallest absolute Gasteiger partial charge is 0.159 e. The number of halogens is 2. The van der Waals surface area contributed by atoms with Gasteiger partial charge in [-0.25, -0.2) is 8.42 Å². The predicted octanol–water partition coefficient (Wildman–Crippen LogP) is 1.15. The van der Waals surface area contributed by atoms with Crippen LogP contribution in [0.3, 0.4) is 0 Å². The molecule has 0 amide bonds. The summed E-state index contributed by atoms with van der Waals surface area (Å²) in [6.07, 6.45) is 0.130. The lowest BCUT2D eigenvalue weighted by atomic mass is 10.6. The Morgan fingerprint density at radius 2 is 2.00 bits per heavy atom. The van der Waals surface area contributed by atoms with Gasteiger partial charge in [0, 0.05) is 0 Å². The molecule has 56 valence electrons. The van der Waals surface area contributed by atoms with Crippen LogP contribution in [0.15, 0.2) is 0 Å². The lowest BCUT2D eigenvalue weighted by Gasteiger charge is -1.94. The molecule has 0 N–H and O–H groups in total. The summed E-state index contributed by atoms with van der Waals surface area (Å²) in [6.45, 7) is -0.546. The third-order valence-corrected chi connectivity index (χ3v) is 4.85. The fourth-order valence-corrected chi connectivity index (χ4v) is 1.92. The zero-order valence-corrected chi connectivity index (χ0v) is 7.78. The molecule has 2 nitrogen and oxygen atoms in total. The highest BCUT2D eigenvalue weighted by Crippen LogP contribution is 1.98. The molecule has 0 aliphatic carbocycles. The van der Waals surface area contributed by atoms with Crippen LogP contribution in [0.4, 0.5) is 4.39 Å². The first-order valence-electron chi connectivity index (χ1n) is 2.45. The number of alkyl halides is 2. The standard InChI is InChI=1S/C4H8FIO2S/c5-2-1-3-9(7,8)4-6/h1-4H2. The summed E-state index contributed by atoms with van der Waals surface area (Å²) >= 11 is 1.76. The summed E-state index contributed by atoms with van der Waals surface area (Å²) in [6, 6.07) is 0. The summed E-state index contributed by atoms with van der Waals surface area (Å²) < 4.78 is 32.6. The zero-order valence-electron chi connectivity index (χ0n) is 4.81. The summed E-state index contributed by atoms with van der Waals surface area (Å²) in [5.41, 5.74) is 0. The van der Waals surface area contributed by atoms with Crippen molar-refractivity contribution in [2.24, 2.45) is 0 Å². The van der Waals surface area contributed by atoms with Crippen LogP contribution in [-0.2, 0) is 9.84 Å². The highest BCUT2D eigenvalue weighted by atomic mass is 127. The molecule has 0 saturated carbocycles. The fourth-order valence-electron chi connectivity index (χ4n) is 0.329. The minimum absolute atomic E-state index is 0.0214. The second-order valence-electron chi connectivity index (χ2n) is 1.60. The van der Waals surface area contributed by atoms with Crippen LogP contribution in [0, 0.1) is 0 Å². The van der Waals surface area contributed by atoms with E-state index < -0.39 is 16.5 Å². The van der Waals surface area contributed by atoms with Gasteiger partial charge < -0.3 is 0 Å². The van der Waals surface area contributed by atoms with Gasteiger partial charge in [-0.3, -0.25) is 4.39 Å². The Morgan fingerprint density at radius 1 is 1.44 bits per heavy atom. The molecule has 0 aromatic carbocycles. The Kier molecular flexibility index (Phi) is 4.73. The average Bonchev–Trinajstić information content (AvgIpc) is 1.84. The second kappa shape index (κ2) is 4.43. The molecule has 0 atom stereocenters. The van der Waals surface area contributed by atoms with Gasteiger partial charge in [-0.15, -0.1) is 0 Å². The molecule has 0 aliphatic rings. The third-order valence-electron chi connectivity index (χ3n) is 0.755. The summed E-state index contributed by atoms with van der Waals surface area (Å²) in [4.78, 5) is 0. The Bertz CT molecular complexity index is 154. The van der Waals surface area contributed by atoms with E-state index in [0.717, 1.165) is 0 Å². The lowest BCUT2D eigenvalue weighted by molar-refractivity contribution is 0.485. The van der Waals surface area contributed by atoms with Crippen LogP contribution < -0.4 is 0 Å². The number of hydrogen-bond donors (Lipinski definition) is 0. The van der Waals surface area contributed by atoms with E-state index in [9.17, 15) is 12.8 Å². The molecular formula is C4H8FIO2S. The lowest BCUT2D eigenvalue weighted by Crippen LogP contribution is -2.06. The van der Waals surface area contributed by atoms with Crippen molar-refractivity contribution < 1.29 is 12.8 Å². The molecule has 0 heterocycles. The normalized spacial score (nSPS) is 11.8. The second-order valence-corrected chi connectivity index (χ2v) is 5.58. The van der Waals surface area contributed by atoms with Crippen molar-refractivity contribution in [3.63, 3.8) is 0 Å². The van der Waals surface area contributed by atoms with E-state index in [1.54, 1.807) is 22.6 Å². The number of rotatable bonds is 4. The van der Waals surface area contributed by atoms with Gasteiger partial charge >= 0.3 is 0 Å². The van der Waals surface area contributed by atoms with Crippen molar-refractivity contribution in [1.29, 1.82) is 0 Å². The van der Waals surface area contributed by atoms with Crippen LogP contribution >= 0.6 is 22.6 Å². The Balaban J connectivity index is 3.61. The molecule has 0 aromatic rings. The average molecular weight is 266 g/mol. The van der Waals surface area contributed by atoms with Crippen LogP contribution in [0.1, 0.15) is 6.42 Å². The Morgan fingerprint density at radius 3 is 2.33 bits per heavy atom. The van der Waals surface area contributed by atoms with E-state index in [4.69, 9.17) is 0 Å². The van der Waals surface area contributed by atoms with Gasteiger partial charge in [-0.1, -0.05) is 22.6 Å². The van der Waals surface area contributed by atoms with Gasteiger partial charge in [0.2, 0.25) is 0 Å². The zero-order chi connectivity index (χ0) is 7.33. The number of hydrogen-bond acceptors (Lipinski definition) is 2. The summed E-state index contributed by atoms with van der Waals surface area (Å²) in [5.74, 6) is -0.0214. The van der Waals surface area contributed by atoms with Crippen LogP contribution in [-0.4, -0.2) is 24.6 Å². The molecule has 0 bridgehead atoms. The minimum atomic E-state index is -2.93. The molecule has 5 heteroatoms. The first-order chi connectivity index (χ1) is 4.12. The maximum atomic E-state index is 11.4. The molecule has 0 aromatic heterocycles. The summed E-state index contributed by atoms with van der Waals surface area (Å²) in [5, 5.41) is 0. The topological polar surface area (TPSA) is 34.1 Å². The van der Waals surface area contributed by atoms with Crippen molar-refractivity contribution in [2.45, 2.75) is 6.42 Å². The quantitative estimate of drug-likeness (QED) is 0.565. The van der Waals surface area contributed by atoms with Crippen LogP contribution in [0.25, 0.3) is 0 Å². The first kappa shape index (κ1) is 9.61. The van der Waals surface area contributed by atoms with Gasteiger partial charge in [-0.05, 0) is 6.42 Å². The molecule has 0 fully saturated rings. The van der Waals surface area contributed by atoms with Gasteiger partial charge in [0.15, 0.2) is 9.84 Å². The van der Waals surface area contributed by atoms with Crippen molar-refractivity contribution in [3.8, 4) is 0 Å². The van der Waals surface area contributed by atoms with E-state index in [-0.39, 0.29) is 15.9 Å². The predicted molar refractivity (Wildman–Crippen MR) is 43.3 cm³/mol. The van der Waals surface area contributed by atoms with E-state index >= 15 is 0 Å². The molecule has 0 rings (SSSR count). The van der Waals surface area contributed by atoms with Crippen molar-refractivity contribution in [3.05, 3.63) is 0 Å². The molecule has 0 unspecified atom stereocenters. The fraction of sp³-hybridized carbons (Fsp3) is 1.00. The van der Waals surface area contributed by atoms with Crippen LogP contribution in [0.2, 0.25) is 0 Å². The van der Waals surface area contributed by atoms with Gasteiger partial charge in [0.1, 0.15) is 3.76 Å². The molecule has 0 radical (unpaired) electrons. The van der Waals surface area contributed by atoms with E-state index in [2.05, 4.69) is 0 Å².